The zero-order chi connectivity index (χ0) is 25.3. The van der Waals surface area contributed by atoms with Crippen LogP contribution in [-0.4, -0.2) is 57.6 Å². The molecule has 1 amide bonds. The number of rotatable bonds is 10. The quantitative estimate of drug-likeness (QED) is 0.457. The number of aliphatic carboxylic acids is 1. The van der Waals surface area contributed by atoms with Crippen LogP contribution in [0.15, 0.2) is 67.1 Å². The maximum atomic E-state index is 13.0. The molecule has 1 fully saturated rings. The van der Waals surface area contributed by atoms with Gasteiger partial charge >= 0.3 is 5.97 Å². The van der Waals surface area contributed by atoms with Gasteiger partial charge in [-0.05, 0) is 36.1 Å². The Bertz CT molecular complexity index is 1200. The second-order valence-corrected chi connectivity index (χ2v) is 9.33. The summed E-state index contributed by atoms with van der Waals surface area (Å²) in [5.74, 6) is -1.83. The molecule has 8 heteroatoms. The van der Waals surface area contributed by atoms with Crippen molar-refractivity contribution in [3.63, 3.8) is 0 Å². The van der Waals surface area contributed by atoms with Gasteiger partial charge in [-0.3, -0.25) is 9.59 Å². The summed E-state index contributed by atoms with van der Waals surface area (Å²) in [7, 11) is 0. The summed E-state index contributed by atoms with van der Waals surface area (Å²) in [5, 5.41) is 21.6. The van der Waals surface area contributed by atoms with Crippen molar-refractivity contribution in [2.24, 2.45) is 11.8 Å². The molecule has 1 saturated heterocycles. The van der Waals surface area contributed by atoms with E-state index in [4.69, 9.17) is 5.26 Å². The molecule has 2 heterocycles. The predicted molar refractivity (Wildman–Crippen MR) is 135 cm³/mol. The van der Waals surface area contributed by atoms with E-state index in [-0.39, 0.29) is 11.8 Å². The van der Waals surface area contributed by atoms with Gasteiger partial charge < -0.3 is 19.9 Å². The first-order valence-electron chi connectivity index (χ1n) is 12.3. The summed E-state index contributed by atoms with van der Waals surface area (Å²) in [4.78, 5) is 31.1. The van der Waals surface area contributed by atoms with Gasteiger partial charge in [0.2, 0.25) is 5.91 Å². The van der Waals surface area contributed by atoms with Gasteiger partial charge in [0.25, 0.3) is 0 Å². The van der Waals surface area contributed by atoms with Gasteiger partial charge in [-0.1, -0.05) is 42.5 Å². The molecule has 0 aliphatic carbocycles. The lowest BCUT2D eigenvalue weighted by atomic mass is 9.88. The van der Waals surface area contributed by atoms with Gasteiger partial charge in [0, 0.05) is 51.0 Å². The number of hydrogen-bond acceptors (Lipinski definition) is 5. The molecule has 2 N–H and O–H groups in total. The molecular weight excluding hydrogens is 454 g/mol. The summed E-state index contributed by atoms with van der Waals surface area (Å²) in [6.45, 7) is 2.86. The second-order valence-electron chi connectivity index (χ2n) is 9.33. The third kappa shape index (κ3) is 6.80. The van der Waals surface area contributed by atoms with Gasteiger partial charge in [0.1, 0.15) is 0 Å². The van der Waals surface area contributed by atoms with Crippen LogP contribution in [0.3, 0.4) is 0 Å². The summed E-state index contributed by atoms with van der Waals surface area (Å²) in [6, 6.07) is 19.7. The van der Waals surface area contributed by atoms with E-state index in [0.29, 0.717) is 44.6 Å². The van der Waals surface area contributed by atoms with Crippen LogP contribution in [0.25, 0.3) is 0 Å². The fourth-order valence-electron chi connectivity index (χ4n) is 4.71. The Kier molecular flexibility index (Phi) is 8.48. The van der Waals surface area contributed by atoms with Crippen molar-refractivity contribution in [2.75, 3.05) is 26.2 Å². The lowest BCUT2D eigenvalue weighted by molar-refractivity contribution is -0.145. The molecule has 4 rings (SSSR count). The van der Waals surface area contributed by atoms with Crippen molar-refractivity contribution in [3.05, 3.63) is 89.5 Å². The van der Waals surface area contributed by atoms with E-state index in [9.17, 15) is 14.7 Å². The molecule has 0 saturated carbocycles. The van der Waals surface area contributed by atoms with Crippen LogP contribution in [0, 0.1) is 23.2 Å². The summed E-state index contributed by atoms with van der Waals surface area (Å²) < 4.78 is 2.03. The summed E-state index contributed by atoms with van der Waals surface area (Å²) in [6.07, 6.45) is 5.36. The molecule has 2 unspecified atom stereocenters. The lowest BCUT2D eigenvalue weighted by Gasteiger charge is -2.35. The second kappa shape index (κ2) is 12.1. The van der Waals surface area contributed by atoms with E-state index in [1.165, 1.54) is 5.56 Å². The Balaban J connectivity index is 1.29. The number of carbonyl (C=O) groups is 2. The predicted octanol–water partition coefficient (Wildman–Crippen LogP) is 2.73. The van der Waals surface area contributed by atoms with Gasteiger partial charge in [0.05, 0.1) is 29.8 Å². The number of aromatic nitrogens is 2. The Morgan fingerprint density at radius 2 is 1.78 bits per heavy atom. The van der Waals surface area contributed by atoms with Crippen LogP contribution < -0.4 is 5.32 Å². The number of nitriles is 1. The number of benzene rings is 2. The summed E-state index contributed by atoms with van der Waals surface area (Å²) >= 11 is 0. The van der Waals surface area contributed by atoms with E-state index in [1.807, 2.05) is 34.9 Å². The fraction of sp³-hybridized carbons (Fsp3) is 0.357. The monoisotopic (exact) mass is 485 g/mol. The molecule has 1 aliphatic rings. The molecule has 2 aromatic carbocycles. The number of carboxylic acids is 1. The van der Waals surface area contributed by atoms with Crippen molar-refractivity contribution >= 4 is 11.9 Å². The van der Waals surface area contributed by atoms with Gasteiger partial charge in [-0.2, -0.15) is 5.26 Å². The van der Waals surface area contributed by atoms with Crippen LogP contribution in [0.2, 0.25) is 0 Å². The van der Waals surface area contributed by atoms with Crippen LogP contribution in [0.5, 0.6) is 0 Å². The number of carboxylic acid groups (broad SMARTS) is 1. The topological polar surface area (TPSA) is 111 Å². The van der Waals surface area contributed by atoms with E-state index < -0.39 is 11.9 Å². The molecule has 8 nitrogen and oxygen atoms in total. The summed E-state index contributed by atoms with van der Waals surface area (Å²) in [5.41, 5.74) is 3.89. The van der Waals surface area contributed by atoms with Crippen LogP contribution in [0.4, 0.5) is 0 Å². The number of piperidine rings is 1. The third-order valence-electron chi connectivity index (χ3n) is 6.72. The molecule has 36 heavy (non-hydrogen) atoms. The standard InChI is InChI=1S/C28H31N5O3/c29-15-22-6-8-23(9-7-22)17-33-20-30-16-26(33)10-12-31-27(34)24-14-25(28(35)36)19-32(18-24)13-11-21-4-2-1-3-5-21/h1-9,16,20,24-25H,10-14,17-19H2,(H,31,34)(H,35,36). The molecule has 1 aliphatic heterocycles. The maximum Gasteiger partial charge on any atom is 0.307 e. The highest BCUT2D eigenvalue weighted by Gasteiger charge is 2.34. The largest absolute Gasteiger partial charge is 0.481 e. The average molecular weight is 486 g/mol. The van der Waals surface area contributed by atoms with E-state index in [2.05, 4.69) is 33.4 Å². The minimum Gasteiger partial charge on any atom is -0.481 e. The van der Waals surface area contributed by atoms with Gasteiger partial charge in [-0.15, -0.1) is 0 Å². The Labute approximate surface area is 211 Å². The minimum absolute atomic E-state index is 0.0937. The number of amides is 1. The first-order valence-corrected chi connectivity index (χ1v) is 12.3. The van der Waals surface area contributed by atoms with Gasteiger partial charge in [0.15, 0.2) is 0 Å². The Hall–Kier alpha value is -3.96. The highest BCUT2D eigenvalue weighted by atomic mass is 16.4. The first kappa shape index (κ1) is 25.1. The number of hydrogen-bond donors (Lipinski definition) is 2. The fourth-order valence-corrected chi connectivity index (χ4v) is 4.71. The van der Waals surface area contributed by atoms with Crippen molar-refractivity contribution in [1.29, 1.82) is 5.26 Å². The van der Waals surface area contributed by atoms with Gasteiger partial charge in [-0.25, -0.2) is 4.98 Å². The first-order chi connectivity index (χ1) is 17.5. The smallest absolute Gasteiger partial charge is 0.307 e. The highest BCUT2D eigenvalue weighted by molar-refractivity contribution is 5.80. The molecule has 0 spiro atoms. The molecule has 2 atom stereocenters. The zero-order valence-electron chi connectivity index (χ0n) is 20.2. The zero-order valence-corrected chi connectivity index (χ0v) is 20.2. The number of likely N-dealkylation sites (tertiary alicyclic amines) is 1. The lowest BCUT2D eigenvalue weighted by Crippen LogP contribution is -2.49. The van der Waals surface area contributed by atoms with Crippen molar-refractivity contribution in [3.8, 4) is 6.07 Å². The maximum absolute atomic E-state index is 13.0. The molecule has 3 aromatic rings. The van der Waals surface area contributed by atoms with E-state index in [1.54, 1.807) is 24.7 Å². The van der Waals surface area contributed by atoms with Crippen LogP contribution in [0.1, 0.15) is 28.8 Å². The van der Waals surface area contributed by atoms with Crippen LogP contribution >= 0.6 is 0 Å². The number of imidazole rings is 1. The number of nitrogens with one attached hydrogen (secondary N) is 1. The molecular formula is C28H31N5O3. The van der Waals surface area contributed by atoms with Crippen LogP contribution in [-0.2, 0) is 29.0 Å². The van der Waals surface area contributed by atoms with E-state index in [0.717, 1.165) is 24.2 Å². The third-order valence-corrected chi connectivity index (χ3v) is 6.72. The SMILES string of the molecule is N#Cc1ccc(Cn2cncc2CCNC(=O)C2CC(C(=O)O)CN(CCc3ccccc3)C2)cc1. The average Bonchev–Trinajstić information content (AvgIpc) is 3.34. The molecule has 1 aromatic heterocycles. The Morgan fingerprint density at radius 3 is 2.50 bits per heavy atom. The minimum atomic E-state index is -0.844. The highest BCUT2D eigenvalue weighted by Crippen LogP contribution is 2.23. The number of nitrogens with zero attached hydrogens (tertiary/aromatic N) is 4. The van der Waals surface area contributed by atoms with E-state index >= 15 is 0 Å². The molecule has 0 radical (unpaired) electrons. The van der Waals surface area contributed by atoms with Crippen molar-refractivity contribution in [1.82, 2.24) is 19.8 Å². The molecule has 186 valence electrons. The van der Waals surface area contributed by atoms with Crippen molar-refractivity contribution < 1.29 is 14.7 Å². The molecule has 0 bridgehead atoms. The van der Waals surface area contributed by atoms with Crippen molar-refractivity contribution in [2.45, 2.75) is 25.8 Å². The number of carbonyl (C=O) groups excluding carboxylic acids is 1. The normalized spacial score (nSPS) is 17.9. The Morgan fingerprint density at radius 1 is 1.03 bits per heavy atom.